The molecule has 3 aromatic rings. The minimum atomic E-state index is -3.88. The van der Waals surface area contributed by atoms with Gasteiger partial charge in [0.25, 0.3) is 0 Å². The van der Waals surface area contributed by atoms with Crippen molar-refractivity contribution >= 4 is 19.9 Å². The van der Waals surface area contributed by atoms with Gasteiger partial charge in [-0.05, 0) is 86.1 Å². The molecular formula is C39H53N3O9S2. The number of hydrogen-bond acceptors (Lipinski definition) is 11. The highest BCUT2D eigenvalue weighted by Gasteiger charge is 2.54. The standard InChI is InChI=1S/C39H53N3O9S2/c1-4-49-35-13-10-29(28-8-11-30(12-9-28)37(2,3)26-40)20-36(35)53(47,48)42-18-16-38(17-19-42)22-31(24-51-38)41-23-32(44)25-50-33-6-5-7-34(21-33)52(45,46)39(27-43)14-15-39/h5-13,20-21,31-32,41,43-44H,4,14-19,22-27,40H2,1-3H3. The Kier molecular flexibility index (Phi) is 11.6. The lowest BCUT2D eigenvalue weighted by atomic mass is 9.84. The van der Waals surface area contributed by atoms with Gasteiger partial charge in [-0.3, -0.25) is 0 Å². The largest absolute Gasteiger partial charge is 0.492 e. The van der Waals surface area contributed by atoms with E-state index in [0.29, 0.717) is 76.5 Å². The third-order valence-corrected chi connectivity index (χ3v) is 15.6. The zero-order valence-corrected chi connectivity index (χ0v) is 32.4. The first-order valence-corrected chi connectivity index (χ1v) is 21.3. The van der Waals surface area contributed by atoms with E-state index in [1.807, 2.05) is 37.3 Å². The lowest BCUT2D eigenvalue weighted by molar-refractivity contribution is -0.0312. The fourth-order valence-corrected chi connectivity index (χ4v) is 10.6. The molecule has 0 amide bonds. The second-order valence-corrected chi connectivity index (χ2v) is 19.5. The van der Waals surface area contributed by atoms with Crippen LogP contribution in [0.4, 0.5) is 0 Å². The molecule has 14 heteroatoms. The first-order chi connectivity index (χ1) is 25.2. The van der Waals surface area contributed by atoms with Crippen molar-refractivity contribution in [2.24, 2.45) is 5.73 Å². The van der Waals surface area contributed by atoms with Gasteiger partial charge in [-0.2, -0.15) is 4.31 Å². The number of sulfone groups is 1. The molecule has 2 heterocycles. The Morgan fingerprint density at radius 3 is 2.32 bits per heavy atom. The van der Waals surface area contributed by atoms with E-state index in [1.54, 1.807) is 24.3 Å². The van der Waals surface area contributed by atoms with Crippen molar-refractivity contribution in [3.8, 4) is 22.6 Å². The molecule has 0 bridgehead atoms. The van der Waals surface area contributed by atoms with Crippen molar-refractivity contribution < 1.29 is 41.3 Å². The molecule has 1 saturated carbocycles. The van der Waals surface area contributed by atoms with E-state index in [9.17, 15) is 27.0 Å². The Labute approximate surface area is 313 Å². The number of piperidine rings is 1. The molecule has 1 spiro atoms. The average Bonchev–Trinajstić information content (AvgIpc) is 3.89. The van der Waals surface area contributed by atoms with Crippen molar-refractivity contribution in [1.29, 1.82) is 0 Å². The average molecular weight is 772 g/mol. The summed E-state index contributed by atoms with van der Waals surface area (Å²) in [6.45, 7) is 7.68. The first-order valence-electron chi connectivity index (χ1n) is 18.4. The lowest BCUT2D eigenvalue weighted by Gasteiger charge is -2.38. The highest BCUT2D eigenvalue weighted by Crippen LogP contribution is 2.46. The molecule has 3 fully saturated rings. The Hall–Kier alpha value is -3.08. The van der Waals surface area contributed by atoms with Crippen molar-refractivity contribution in [3.63, 3.8) is 0 Å². The monoisotopic (exact) mass is 771 g/mol. The normalized spacial score (nSPS) is 20.7. The topological polar surface area (TPSA) is 178 Å². The van der Waals surface area contributed by atoms with E-state index in [4.69, 9.17) is 19.9 Å². The minimum absolute atomic E-state index is 0.0301. The molecule has 12 nitrogen and oxygen atoms in total. The van der Waals surface area contributed by atoms with Crippen molar-refractivity contribution in [1.82, 2.24) is 9.62 Å². The SMILES string of the molecule is CCOc1ccc(-c2ccc(C(C)(C)CN)cc2)cc1S(=O)(=O)N1CCC2(CC1)CC(NCC(O)COc1cccc(S(=O)(=O)C3(CO)CC3)c1)CO2. The number of rotatable bonds is 16. The van der Waals surface area contributed by atoms with Crippen molar-refractivity contribution in [3.05, 3.63) is 72.3 Å². The highest BCUT2D eigenvalue weighted by atomic mass is 32.2. The van der Waals surface area contributed by atoms with Crippen LogP contribution in [0.15, 0.2) is 76.5 Å². The van der Waals surface area contributed by atoms with E-state index in [-0.39, 0.29) is 34.4 Å². The van der Waals surface area contributed by atoms with E-state index >= 15 is 0 Å². The van der Waals surface area contributed by atoms with Gasteiger partial charge >= 0.3 is 0 Å². The van der Waals surface area contributed by atoms with E-state index in [2.05, 4.69) is 19.2 Å². The van der Waals surface area contributed by atoms with Crippen LogP contribution in [-0.4, -0.2) is 106 Å². The van der Waals surface area contributed by atoms with Crippen LogP contribution in [0.5, 0.6) is 11.5 Å². The summed E-state index contributed by atoms with van der Waals surface area (Å²) >= 11 is 0. The Bertz CT molecular complexity index is 1960. The number of aliphatic hydroxyl groups is 2. The molecule has 3 aromatic carbocycles. The van der Waals surface area contributed by atoms with Crippen molar-refractivity contribution in [2.45, 2.75) is 90.6 Å². The molecule has 0 aromatic heterocycles. The molecule has 2 aliphatic heterocycles. The summed E-state index contributed by atoms with van der Waals surface area (Å²) in [4.78, 5) is 0.242. The van der Waals surface area contributed by atoms with Crippen LogP contribution in [0, 0.1) is 0 Å². The second-order valence-electron chi connectivity index (χ2n) is 15.3. The molecule has 290 valence electrons. The molecular weight excluding hydrogens is 719 g/mol. The maximum absolute atomic E-state index is 14.1. The van der Waals surface area contributed by atoms with Crippen LogP contribution in [0.25, 0.3) is 11.1 Å². The van der Waals surface area contributed by atoms with E-state index in [0.717, 1.165) is 16.7 Å². The summed E-state index contributed by atoms with van der Waals surface area (Å²) in [7, 11) is -7.56. The summed E-state index contributed by atoms with van der Waals surface area (Å²) in [6, 6.07) is 19.5. The number of hydrogen-bond donors (Lipinski definition) is 4. The van der Waals surface area contributed by atoms with Gasteiger partial charge in [-0.15, -0.1) is 0 Å². The van der Waals surface area contributed by atoms with Gasteiger partial charge in [0.15, 0.2) is 9.84 Å². The molecule has 6 rings (SSSR count). The van der Waals surface area contributed by atoms with Gasteiger partial charge in [0.1, 0.15) is 29.1 Å². The van der Waals surface area contributed by atoms with E-state index in [1.165, 1.54) is 16.4 Å². The Balaban J connectivity index is 1.02. The molecule has 2 unspecified atom stereocenters. The minimum Gasteiger partial charge on any atom is -0.492 e. The van der Waals surface area contributed by atoms with Crippen LogP contribution in [0.2, 0.25) is 0 Å². The number of nitrogens with two attached hydrogens (primary N) is 1. The summed E-state index contributed by atoms with van der Waals surface area (Å²) < 4.78 is 72.4. The van der Waals surface area contributed by atoms with Gasteiger partial charge in [0.2, 0.25) is 10.0 Å². The smallest absolute Gasteiger partial charge is 0.246 e. The maximum Gasteiger partial charge on any atom is 0.246 e. The third-order valence-electron chi connectivity index (χ3n) is 11.1. The number of nitrogens with zero attached hydrogens (tertiary/aromatic N) is 1. The van der Waals surface area contributed by atoms with Gasteiger partial charge in [-0.1, -0.05) is 50.2 Å². The number of nitrogens with one attached hydrogen (secondary N) is 1. The molecule has 3 aliphatic rings. The van der Waals surface area contributed by atoms with Crippen molar-refractivity contribution in [2.75, 3.05) is 52.6 Å². The summed E-state index contributed by atoms with van der Waals surface area (Å²) in [6.07, 6.45) is 1.75. The summed E-state index contributed by atoms with van der Waals surface area (Å²) in [5.41, 5.74) is 8.13. The number of sulfonamides is 1. The predicted octanol–water partition coefficient (Wildman–Crippen LogP) is 3.63. The molecule has 1 aliphatic carbocycles. The lowest BCUT2D eigenvalue weighted by Crippen LogP contribution is -2.47. The van der Waals surface area contributed by atoms with Crippen LogP contribution in [0.1, 0.15) is 58.4 Å². The third kappa shape index (κ3) is 8.30. The maximum atomic E-state index is 14.1. The fourth-order valence-electron chi connectivity index (χ4n) is 7.18. The highest BCUT2D eigenvalue weighted by molar-refractivity contribution is 7.93. The number of aliphatic hydroxyl groups excluding tert-OH is 2. The fraction of sp³-hybridized carbons (Fsp3) is 0.538. The molecule has 53 heavy (non-hydrogen) atoms. The van der Waals surface area contributed by atoms with Gasteiger partial charge in [0.05, 0.1) is 35.1 Å². The van der Waals surface area contributed by atoms with E-state index < -0.39 is 42.9 Å². The molecule has 5 N–H and O–H groups in total. The number of ether oxygens (including phenoxy) is 3. The Morgan fingerprint density at radius 2 is 1.68 bits per heavy atom. The summed E-state index contributed by atoms with van der Waals surface area (Å²) in [5.74, 6) is 0.650. The zero-order valence-electron chi connectivity index (χ0n) is 30.8. The number of benzene rings is 3. The van der Waals surface area contributed by atoms with Gasteiger partial charge < -0.3 is 35.5 Å². The molecule has 0 radical (unpaired) electrons. The van der Waals surface area contributed by atoms with Crippen LogP contribution in [-0.2, 0) is 30.0 Å². The quantitative estimate of drug-likeness (QED) is 0.167. The molecule has 2 atom stereocenters. The zero-order chi connectivity index (χ0) is 38.1. The van der Waals surface area contributed by atoms with Crippen LogP contribution >= 0.6 is 0 Å². The van der Waals surface area contributed by atoms with Gasteiger partial charge in [-0.25, -0.2) is 16.8 Å². The summed E-state index contributed by atoms with van der Waals surface area (Å²) in [5, 5.41) is 23.6. The predicted molar refractivity (Wildman–Crippen MR) is 202 cm³/mol. The van der Waals surface area contributed by atoms with Gasteiger partial charge in [0, 0.05) is 37.6 Å². The van der Waals surface area contributed by atoms with Crippen LogP contribution < -0.4 is 20.5 Å². The van der Waals surface area contributed by atoms with Crippen LogP contribution in [0.3, 0.4) is 0 Å². The second kappa shape index (κ2) is 15.6. The molecule has 2 saturated heterocycles. The first kappa shape index (κ1) is 39.6. The Morgan fingerprint density at radius 1 is 0.981 bits per heavy atom.